The van der Waals surface area contributed by atoms with Gasteiger partial charge in [-0.05, 0) is 19.3 Å². The van der Waals surface area contributed by atoms with Crippen LogP contribution in [-0.4, -0.2) is 16.6 Å². The van der Waals surface area contributed by atoms with Crippen LogP contribution in [0.1, 0.15) is 32.6 Å². The number of nitrogens with two attached hydrogens (primary N) is 1. The van der Waals surface area contributed by atoms with Crippen molar-refractivity contribution in [3.05, 3.63) is 0 Å². The SMILES string of the molecule is CC(N)(CC(=O)O)CC1CC1. The van der Waals surface area contributed by atoms with Crippen LogP contribution < -0.4 is 5.73 Å². The monoisotopic (exact) mass is 157 g/mol. The van der Waals surface area contributed by atoms with Crippen LogP contribution in [0.2, 0.25) is 0 Å². The highest BCUT2D eigenvalue weighted by atomic mass is 16.4. The maximum Gasteiger partial charge on any atom is 0.305 e. The molecule has 0 radical (unpaired) electrons. The molecule has 0 aliphatic heterocycles. The molecule has 0 aromatic carbocycles. The van der Waals surface area contributed by atoms with Crippen molar-refractivity contribution in [1.29, 1.82) is 0 Å². The van der Waals surface area contributed by atoms with Crippen LogP contribution in [-0.2, 0) is 4.79 Å². The number of hydrogen-bond donors (Lipinski definition) is 2. The summed E-state index contributed by atoms with van der Waals surface area (Å²) in [6.45, 7) is 1.82. The van der Waals surface area contributed by atoms with Crippen molar-refractivity contribution in [2.24, 2.45) is 11.7 Å². The first kappa shape index (κ1) is 8.53. The van der Waals surface area contributed by atoms with Crippen LogP contribution >= 0.6 is 0 Å². The number of carbonyl (C=O) groups is 1. The zero-order chi connectivity index (χ0) is 8.48. The highest BCUT2D eigenvalue weighted by molar-refractivity contribution is 5.68. The number of aliphatic carboxylic acids is 1. The molecule has 0 amide bonds. The molecule has 0 heterocycles. The van der Waals surface area contributed by atoms with E-state index in [0.29, 0.717) is 5.92 Å². The van der Waals surface area contributed by atoms with Crippen molar-refractivity contribution in [2.45, 2.75) is 38.1 Å². The van der Waals surface area contributed by atoms with E-state index >= 15 is 0 Å². The molecule has 0 saturated heterocycles. The first-order valence-electron chi connectivity index (χ1n) is 4.00. The Balaban J connectivity index is 2.30. The molecule has 1 fully saturated rings. The summed E-state index contributed by atoms with van der Waals surface area (Å²) in [5.41, 5.74) is 5.28. The van der Waals surface area contributed by atoms with E-state index in [-0.39, 0.29) is 6.42 Å². The summed E-state index contributed by atoms with van der Waals surface area (Å²) < 4.78 is 0. The lowest BCUT2D eigenvalue weighted by atomic mass is 9.92. The van der Waals surface area contributed by atoms with Crippen LogP contribution in [0.15, 0.2) is 0 Å². The van der Waals surface area contributed by atoms with Gasteiger partial charge in [0.25, 0.3) is 0 Å². The van der Waals surface area contributed by atoms with Crippen molar-refractivity contribution in [3.63, 3.8) is 0 Å². The van der Waals surface area contributed by atoms with Crippen molar-refractivity contribution >= 4 is 5.97 Å². The van der Waals surface area contributed by atoms with Gasteiger partial charge in [0.2, 0.25) is 0 Å². The zero-order valence-corrected chi connectivity index (χ0v) is 6.84. The summed E-state index contributed by atoms with van der Waals surface area (Å²) in [7, 11) is 0. The van der Waals surface area contributed by atoms with Gasteiger partial charge in [-0.2, -0.15) is 0 Å². The second-order valence-corrected chi connectivity index (χ2v) is 3.87. The highest BCUT2D eigenvalue weighted by Crippen LogP contribution is 2.36. The first-order valence-corrected chi connectivity index (χ1v) is 4.00. The molecule has 1 saturated carbocycles. The predicted octanol–water partition coefficient (Wildman–Crippen LogP) is 0.979. The minimum Gasteiger partial charge on any atom is -0.481 e. The molecule has 1 rings (SSSR count). The molecule has 0 aromatic rings. The van der Waals surface area contributed by atoms with Gasteiger partial charge >= 0.3 is 5.97 Å². The van der Waals surface area contributed by atoms with Gasteiger partial charge < -0.3 is 10.8 Å². The number of rotatable bonds is 4. The number of hydrogen-bond acceptors (Lipinski definition) is 2. The lowest BCUT2D eigenvalue weighted by Crippen LogP contribution is -2.38. The molecule has 0 bridgehead atoms. The predicted molar refractivity (Wildman–Crippen MR) is 42.2 cm³/mol. The third-order valence-electron chi connectivity index (χ3n) is 2.01. The fraction of sp³-hybridized carbons (Fsp3) is 0.875. The fourth-order valence-electron chi connectivity index (χ4n) is 1.40. The van der Waals surface area contributed by atoms with Gasteiger partial charge in [0.05, 0.1) is 6.42 Å². The van der Waals surface area contributed by atoms with Gasteiger partial charge in [-0.15, -0.1) is 0 Å². The largest absolute Gasteiger partial charge is 0.481 e. The first-order chi connectivity index (χ1) is 4.99. The van der Waals surface area contributed by atoms with Crippen LogP contribution in [0.25, 0.3) is 0 Å². The van der Waals surface area contributed by atoms with Gasteiger partial charge in [-0.1, -0.05) is 12.8 Å². The molecule has 3 nitrogen and oxygen atoms in total. The van der Waals surface area contributed by atoms with Gasteiger partial charge in [0.1, 0.15) is 0 Å². The van der Waals surface area contributed by atoms with Crippen LogP contribution in [0.4, 0.5) is 0 Å². The molecule has 1 aliphatic rings. The third-order valence-corrected chi connectivity index (χ3v) is 2.01. The lowest BCUT2D eigenvalue weighted by molar-refractivity contribution is -0.138. The molecule has 1 aliphatic carbocycles. The molecule has 0 spiro atoms. The minimum absolute atomic E-state index is 0.0868. The van der Waals surface area contributed by atoms with Crippen LogP contribution in [0.5, 0.6) is 0 Å². The van der Waals surface area contributed by atoms with E-state index in [1.807, 2.05) is 6.92 Å². The number of carboxylic acid groups (broad SMARTS) is 1. The van der Waals surface area contributed by atoms with Crippen molar-refractivity contribution in [1.82, 2.24) is 0 Å². The highest BCUT2D eigenvalue weighted by Gasteiger charge is 2.31. The summed E-state index contributed by atoms with van der Waals surface area (Å²) in [4.78, 5) is 10.3. The van der Waals surface area contributed by atoms with E-state index in [4.69, 9.17) is 10.8 Å². The van der Waals surface area contributed by atoms with E-state index in [9.17, 15) is 4.79 Å². The second-order valence-electron chi connectivity index (χ2n) is 3.87. The Labute approximate surface area is 66.6 Å². The standard InChI is InChI=1S/C8H15NO2/c1-8(9,5-7(10)11)4-6-2-3-6/h6H,2-5,9H2,1H3,(H,10,11). The smallest absolute Gasteiger partial charge is 0.305 e. The Morgan fingerprint density at radius 2 is 2.27 bits per heavy atom. The number of carboxylic acids is 1. The molecule has 64 valence electrons. The topological polar surface area (TPSA) is 63.3 Å². The fourth-order valence-corrected chi connectivity index (χ4v) is 1.40. The van der Waals surface area contributed by atoms with E-state index in [1.165, 1.54) is 12.8 Å². The lowest BCUT2D eigenvalue weighted by Gasteiger charge is -2.21. The summed E-state index contributed by atoms with van der Waals surface area (Å²) >= 11 is 0. The average molecular weight is 157 g/mol. The Morgan fingerprint density at radius 1 is 1.73 bits per heavy atom. The molecule has 3 N–H and O–H groups in total. The van der Waals surface area contributed by atoms with Crippen LogP contribution in [0.3, 0.4) is 0 Å². The minimum atomic E-state index is -0.796. The summed E-state index contributed by atoms with van der Waals surface area (Å²) in [5.74, 6) is -0.0972. The Hall–Kier alpha value is -0.570. The Morgan fingerprint density at radius 3 is 2.64 bits per heavy atom. The maximum atomic E-state index is 10.3. The van der Waals surface area contributed by atoms with Crippen molar-refractivity contribution < 1.29 is 9.90 Å². The second kappa shape index (κ2) is 2.81. The van der Waals surface area contributed by atoms with E-state index in [2.05, 4.69) is 0 Å². The molecular weight excluding hydrogens is 142 g/mol. The quantitative estimate of drug-likeness (QED) is 0.639. The third kappa shape index (κ3) is 3.37. The van der Waals surface area contributed by atoms with E-state index in [0.717, 1.165) is 6.42 Å². The van der Waals surface area contributed by atoms with Gasteiger partial charge in [0.15, 0.2) is 0 Å². The Kier molecular flexibility index (Phi) is 2.18. The normalized spacial score (nSPS) is 22.7. The average Bonchev–Trinajstić information content (AvgIpc) is 2.43. The summed E-state index contributed by atoms with van der Waals surface area (Å²) in [6.07, 6.45) is 3.40. The molecular formula is C8H15NO2. The molecule has 3 heteroatoms. The van der Waals surface area contributed by atoms with Gasteiger partial charge in [-0.3, -0.25) is 4.79 Å². The summed E-state index contributed by atoms with van der Waals surface area (Å²) in [6, 6.07) is 0. The maximum absolute atomic E-state index is 10.3. The molecule has 0 aromatic heterocycles. The van der Waals surface area contributed by atoms with Crippen molar-refractivity contribution in [3.8, 4) is 0 Å². The van der Waals surface area contributed by atoms with E-state index < -0.39 is 11.5 Å². The molecule has 1 atom stereocenters. The molecule has 1 unspecified atom stereocenters. The van der Waals surface area contributed by atoms with E-state index in [1.54, 1.807) is 0 Å². The zero-order valence-electron chi connectivity index (χ0n) is 6.84. The van der Waals surface area contributed by atoms with Crippen molar-refractivity contribution in [2.75, 3.05) is 0 Å². The van der Waals surface area contributed by atoms with Gasteiger partial charge in [-0.25, -0.2) is 0 Å². The summed E-state index contributed by atoms with van der Waals surface area (Å²) in [5, 5.41) is 8.50. The Bertz CT molecular complexity index is 161. The molecule has 11 heavy (non-hydrogen) atoms. The van der Waals surface area contributed by atoms with Gasteiger partial charge in [0, 0.05) is 5.54 Å². The van der Waals surface area contributed by atoms with Crippen LogP contribution in [0, 0.1) is 5.92 Å².